The van der Waals surface area contributed by atoms with Gasteiger partial charge in [0.15, 0.2) is 16.8 Å². The lowest BCUT2D eigenvalue weighted by atomic mass is 10.1. The fraction of sp³-hybridized carbons (Fsp3) is 0.250. The molecule has 1 heterocycles. The van der Waals surface area contributed by atoms with E-state index in [-0.39, 0.29) is 18.1 Å². The summed E-state index contributed by atoms with van der Waals surface area (Å²) >= 11 is 7.37. The van der Waals surface area contributed by atoms with Gasteiger partial charge in [-0.15, -0.1) is 10.2 Å². The number of aryl methyl sites for hydroxylation is 1. The van der Waals surface area contributed by atoms with Crippen LogP contribution >= 0.6 is 23.4 Å². The maximum absolute atomic E-state index is 12.4. The number of ether oxygens (including phenoxy) is 2. The Labute approximate surface area is 172 Å². The number of aromatic nitrogens is 3. The molecular formula is C20H20ClN3O3S. The van der Waals surface area contributed by atoms with Crippen molar-refractivity contribution in [3.8, 4) is 11.5 Å². The van der Waals surface area contributed by atoms with Crippen LogP contribution in [0.15, 0.2) is 47.6 Å². The SMILES string of the molecule is COc1ccc(C(=O)CSc2nnc(COc3ccc(Cl)c(C)c3)n2C)cc1. The summed E-state index contributed by atoms with van der Waals surface area (Å²) in [7, 11) is 3.45. The molecule has 0 fully saturated rings. The molecule has 0 unspecified atom stereocenters. The van der Waals surface area contributed by atoms with Crippen molar-refractivity contribution in [3.05, 3.63) is 64.4 Å². The Kier molecular flexibility index (Phi) is 6.59. The molecule has 1 aromatic heterocycles. The molecule has 146 valence electrons. The van der Waals surface area contributed by atoms with Crippen molar-refractivity contribution < 1.29 is 14.3 Å². The van der Waals surface area contributed by atoms with Crippen molar-refractivity contribution in [2.75, 3.05) is 12.9 Å². The van der Waals surface area contributed by atoms with E-state index in [2.05, 4.69) is 10.2 Å². The van der Waals surface area contributed by atoms with Crippen LogP contribution in [0.2, 0.25) is 5.02 Å². The standard InChI is InChI=1S/C20H20ClN3O3S/c1-13-10-16(8-9-17(13)21)27-11-19-22-23-20(24(19)2)28-12-18(25)14-4-6-15(26-3)7-5-14/h4-10H,11-12H2,1-3H3. The lowest BCUT2D eigenvalue weighted by Gasteiger charge is -2.08. The van der Waals surface area contributed by atoms with Crippen LogP contribution in [0.4, 0.5) is 0 Å². The summed E-state index contributed by atoms with van der Waals surface area (Å²) in [6.45, 7) is 2.20. The van der Waals surface area contributed by atoms with Gasteiger partial charge >= 0.3 is 0 Å². The maximum atomic E-state index is 12.4. The number of rotatable bonds is 8. The van der Waals surface area contributed by atoms with Gasteiger partial charge in [-0.2, -0.15) is 0 Å². The van der Waals surface area contributed by atoms with Gasteiger partial charge in [-0.25, -0.2) is 0 Å². The Morgan fingerprint density at radius 3 is 2.54 bits per heavy atom. The molecule has 0 spiro atoms. The molecule has 0 aliphatic heterocycles. The van der Waals surface area contributed by atoms with Gasteiger partial charge in [0, 0.05) is 17.6 Å². The average Bonchev–Trinajstić information content (AvgIpc) is 3.06. The topological polar surface area (TPSA) is 66.2 Å². The molecule has 0 atom stereocenters. The van der Waals surface area contributed by atoms with Gasteiger partial charge in [0.1, 0.15) is 18.1 Å². The second kappa shape index (κ2) is 9.12. The van der Waals surface area contributed by atoms with Crippen molar-refractivity contribution in [3.63, 3.8) is 0 Å². The van der Waals surface area contributed by atoms with Gasteiger partial charge in [0.05, 0.1) is 12.9 Å². The zero-order chi connectivity index (χ0) is 20.1. The van der Waals surface area contributed by atoms with Gasteiger partial charge in [0.25, 0.3) is 0 Å². The Bertz CT molecular complexity index is 973. The van der Waals surface area contributed by atoms with Gasteiger partial charge in [-0.3, -0.25) is 4.79 Å². The highest BCUT2D eigenvalue weighted by molar-refractivity contribution is 7.99. The van der Waals surface area contributed by atoms with E-state index in [1.54, 1.807) is 37.4 Å². The third-order valence-corrected chi connectivity index (χ3v) is 5.61. The smallest absolute Gasteiger partial charge is 0.191 e. The second-order valence-electron chi connectivity index (χ2n) is 6.10. The lowest BCUT2D eigenvalue weighted by molar-refractivity contribution is 0.102. The number of methoxy groups -OCH3 is 1. The van der Waals surface area contributed by atoms with Gasteiger partial charge in [0.2, 0.25) is 0 Å². The Balaban J connectivity index is 1.57. The summed E-state index contributed by atoms with van der Waals surface area (Å²) in [5.41, 5.74) is 1.59. The molecule has 0 aliphatic carbocycles. The van der Waals surface area contributed by atoms with Crippen molar-refractivity contribution in [1.82, 2.24) is 14.8 Å². The second-order valence-corrected chi connectivity index (χ2v) is 7.45. The molecule has 0 amide bonds. The molecule has 0 bridgehead atoms. The van der Waals surface area contributed by atoms with E-state index in [4.69, 9.17) is 21.1 Å². The molecule has 0 N–H and O–H groups in total. The molecule has 3 rings (SSSR count). The summed E-state index contributed by atoms with van der Waals surface area (Å²) < 4.78 is 12.7. The Hall–Kier alpha value is -2.51. The highest BCUT2D eigenvalue weighted by Gasteiger charge is 2.13. The highest BCUT2D eigenvalue weighted by atomic mass is 35.5. The van der Waals surface area contributed by atoms with Gasteiger partial charge in [-0.1, -0.05) is 23.4 Å². The summed E-state index contributed by atoms with van der Waals surface area (Å²) in [5.74, 6) is 2.40. The zero-order valence-corrected chi connectivity index (χ0v) is 17.4. The van der Waals surface area contributed by atoms with E-state index < -0.39 is 0 Å². The molecule has 8 heteroatoms. The number of nitrogens with zero attached hydrogens (tertiary/aromatic N) is 3. The predicted molar refractivity (Wildman–Crippen MR) is 110 cm³/mol. The average molecular weight is 418 g/mol. The first-order chi connectivity index (χ1) is 13.5. The first-order valence-electron chi connectivity index (χ1n) is 8.55. The highest BCUT2D eigenvalue weighted by Crippen LogP contribution is 2.23. The third kappa shape index (κ3) is 4.85. The van der Waals surface area contributed by atoms with E-state index in [1.807, 2.05) is 30.7 Å². The van der Waals surface area contributed by atoms with E-state index in [9.17, 15) is 4.79 Å². The first-order valence-corrected chi connectivity index (χ1v) is 9.91. The number of carbonyl (C=O) groups is 1. The Morgan fingerprint density at radius 2 is 1.86 bits per heavy atom. The summed E-state index contributed by atoms with van der Waals surface area (Å²) in [4.78, 5) is 12.4. The van der Waals surface area contributed by atoms with Crippen molar-refractivity contribution >= 4 is 29.1 Å². The number of thioether (sulfide) groups is 1. The first kappa shape index (κ1) is 20.2. The number of hydrogen-bond acceptors (Lipinski definition) is 6. The van der Waals surface area contributed by atoms with E-state index in [0.717, 1.165) is 11.3 Å². The minimum Gasteiger partial charge on any atom is -0.497 e. The van der Waals surface area contributed by atoms with Crippen LogP contribution in [-0.4, -0.2) is 33.4 Å². The van der Waals surface area contributed by atoms with Crippen molar-refractivity contribution in [2.45, 2.75) is 18.7 Å². The minimum absolute atomic E-state index is 0.0186. The molecule has 0 aliphatic rings. The number of carbonyl (C=O) groups excluding carboxylic acids is 1. The number of hydrogen-bond donors (Lipinski definition) is 0. The van der Waals surface area contributed by atoms with Crippen LogP contribution in [0.25, 0.3) is 0 Å². The number of benzene rings is 2. The van der Waals surface area contributed by atoms with Crippen LogP contribution in [0.1, 0.15) is 21.7 Å². The van der Waals surface area contributed by atoms with Crippen LogP contribution in [-0.2, 0) is 13.7 Å². The number of Topliss-reactive ketones (excluding diaryl/α,β-unsaturated/α-hetero) is 1. The fourth-order valence-corrected chi connectivity index (χ4v) is 3.38. The van der Waals surface area contributed by atoms with Crippen molar-refractivity contribution in [1.29, 1.82) is 0 Å². The molecular weight excluding hydrogens is 398 g/mol. The fourth-order valence-electron chi connectivity index (χ4n) is 2.44. The quantitative estimate of drug-likeness (QED) is 0.401. The molecule has 2 aromatic carbocycles. The van der Waals surface area contributed by atoms with E-state index >= 15 is 0 Å². The van der Waals surface area contributed by atoms with E-state index in [1.165, 1.54) is 11.8 Å². The number of halogens is 1. The van der Waals surface area contributed by atoms with Crippen LogP contribution in [0.5, 0.6) is 11.5 Å². The predicted octanol–water partition coefficient (Wildman–Crippen LogP) is 4.34. The van der Waals surface area contributed by atoms with Gasteiger partial charge in [-0.05, 0) is 55.0 Å². The Morgan fingerprint density at radius 1 is 1.14 bits per heavy atom. The monoisotopic (exact) mass is 417 g/mol. The van der Waals surface area contributed by atoms with Crippen LogP contribution in [0.3, 0.4) is 0 Å². The van der Waals surface area contributed by atoms with Crippen molar-refractivity contribution in [2.24, 2.45) is 7.05 Å². The summed E-state index contributed by atoms with van der Waals surface area (Å²) in [5, 5.41) is 9.67. The van der Waals surface area contributed by atoms with Crippen LogP contribution in [0, 0.1) is 6.92 Å². The van der Waals surface area contributed by atoms with E-state index in [0.29, 0.717) is 27.3 Å². The summed E-state index contributed by atoms with van der Waals surface area (Å²) in [6.07, 6.45) is 0. The maximum Gasteiger partial charge on any atom is 0.191 e. The molecule has 28 heavy (non-hydrogen) atoms. The lowest BCUT2D eigenvalue weighted by Crippen LogP contribution is -2.06. The zero-order valence-electron chi connectivity index (χ0n) is 15.8. The van der Waals surface area contributed by atoms with Crippen LogP contribution < -0.4 is 9.47 Å². The molecule has 0 saturated carbocycles. The minimum atomic E-state index is 0.0186. The largest absolute Gasteiger partial charge is 0.497 e. The third-order valence-electron chi connectivity index (χ3n) is 4.17. The van der Waals surface area contributed by atoms with Gasteiger partial charge < -0.3 is 14.0 Å². The molecule has 0 saturated heterocycles. The summed E-state index contributed by atoms with van der Waals surface area (Å²) in [6, 6.07) is 12.5. The molecule has 3 aromatic rings. The number of ketones is 1. The molecule has 6 nitrogen and oxygen atoms in total. The normalized spacial score (nSPS) is 10.7. The molecule has 0 radical (unpaired) electrons.